The number of unbranched alkanes of at least 4 members (excludes halogenated alkanes) is 10. The van der Waals surface area contributed by atoms with Crippen molar-refractivity contribution in [1.29, 1.82) is 0 Å². The monoisotopic (exact) mass is 1430 g/mol. The van der Waals surface area contributed by atoms with Crippen LogP contribution in [0.1, 0.15) is 179 Å². The lowest BCUT2D eigenvalue weighted by molar-refractivity contribution is -0.137. The molecule has 1 aliphatic heterocycles. The minimum absolute atomic E-state index is 0.0967. The zero-order chi connectivity index (χ0) is 74.6. The molecule has 0 bridgehead atoms. The van der Waals surface area contributed by atoms with Crippen molar-refractivity contribution in [3.8, 4) is 11.5 Å². The third-order valence-corrected chi connectivity index (χ3v) is 20.2. The van der Waals surface area contributed by atoms with Gasteiger partial charge >= 0.3 is 0 Å². The topological polar surface area (TPSA) is 390 Å². The summed E-state index contributed by atoms with van der Waals surface area (Å²) in [6.07, 6.45) is 19.4. The number of amides is 7. The molecule has 1 heterocycles. The smallest absolute Gasteiger partial charge is 0.243 e. The molecule has 566 valence electrons. The molecule has 8 atom stereocenters. The highest BCUT2D eigenvalue weighted by molar-refractivity contribution is 5.95. The average molecular weight is 1430 g/mol. The normalized spacial score (nSPS) is 15.7. The molecule has 5 aromatic carbocycles. The fraction of sp³-hybridized carbons (Fsp3) is 0.531. The third-order valence-electron chi connectivity index (χ3n) is 20.2. The number of phenols is 2. The van der Waals surface area contributed by atoms with Gasteiger partial charge in [-0.25, -0.2) is 0 Å². The number of fused-ring (bicyclic) bond motifs is 1. The van der Waals surface area contributed by atoms with Gasteiger partial charge in [0.25, 0.3) is 0 Å². The number of hydrogen-bond acceptors (Lipinski definition) is 14. The predicted molar refractivity (Wildman–Crippen MR) is 410 cm³/mol. The Labute approximate surface area is 615 Å². The minimum Gasteiger partial charge on any atom is -0.508 e. The molecule has 2 aliphatic rings. The van der Waals surface area contributed by atoms with Crippen molar-refractivity contribution < 1.29 is 43.8 Å². The SMILES string of the molecule is Cc1cc(O)cc(C)c1C[C@H](N)C(=O)N[C@H](CCCN=C(N)N)C(=O)N[C@@H](Cc1ccccc1)C(=O)N[C@@H](CCCCN)C(=O)NCCCCCCCCCCCCNC(=O)[C@H](Cc1ccccc1)N[C@H](CC1CCCCC1)C(=O)NCC1Cc2ccccc2CN1C(=O)[C@@H](N)Cc1ccc(O)cc1. The van der Waals surface area contributed by atoms with E-state index in [1.807, 2.05) is 92.7 Å². The van der Waals surface area contributed by atoms with Gasteiger partial charge in [-0.05, 0) is 172 Å². The summed E-state index contributed by atoms with van der Waals surface area (Å²) in [5, 5.41) is 41.6. The Morgan fingerprint density at radius 2 is 1.00 bits per heavy atom. The molecule has 1 saturated carbocycles. The van der Waals surface area contributed by atoms with Crippen LogP contribution in [0.3, 0.4) is 0 Å². The van der Waals surface area contributed by atoms with Gasteiger partial charge in [0.1, 0.15) is 29.6 Å². The van der Waals surface area contributed by atoms with Crippen LogP contribution in [0.4, 0.5) is 0 Å². The van der Waals surface area contributed by atoms with Crippen LogP contribution in [0.25, 0.3) is 0 Å². The summed E-state index contributed by atoms with van der Waals surface area (Å²) in [5.41, 5.74) is 37.2. The lowest BCUT2D eigenvalue weighted by atomic mass is 9.84. The summed E-state index contributed by atoms with van der Waals surface area (Å²) in [6, 6.07) is 30.4. The molecule has 1 unspecified atom stereocenters. The molecule has 0 spiro atoms. The van der Waals surface area contributed by atoms with E-state index in [-0.39, 0.29) is 79.5 Å². The molecule has 7 amide bonds. The maximum atomic E-state index is 14.7. The quantitative estimate of drug-likeness (QED) is 0.0109. The number of aromatic hydroxyl groups is 2. The molecule has 0 saturated heterocycles. The minimum atomic E-state index is -1.13. The van der Waals surface area contributed by atoms with Crippen molar-refractivity contribution in [3.05, 3.63) is 166 Å². The van der Waals surface area contributed by atoms with Crippen LogP contribution in [-0.2, 0) is 72.2 Å². The lowest BCUT2D eigenvalue weighted by Gasteiger charge is -2.39. The maximum Gasteiger partial charge on any atom is 0.243 e. The van der Waals surface area contributed by atoms with Crippen LogP contribution >= 0.6 is 0 Å². The maximum absolute atomic E-state index is 14.7. The Balaban J connectivity index is 0.845. The van der Waals surface area contributed by atoms with Crippen LogP contribution in [0.2, 0.25) is 0 Å². The van der Waals surface area contributed by atoms with Crippen molar-refractivity contribution in [2.75, 3.05) is 32.7 Å². The summed E-state index contributed by atoms with van der Waals surface area (Å²) in [4.78, 5) is 105. The summed E-state index contributed by atoms with van der Waals surface area (Å²) < 4.78 is 0. The first-order valence-electron chi connectivity index (χ1n) is 38.0. The summed E-state index contributed by atoms with van der Waals surface area (Å²) in [7, 11) is 0. The molecule has 7 rings (SSSR count). The molecule has 0 radical (unpaired) electrons. The number of carbonyl (C=O) groups is 7. The first kappa shape index (κ1) is 82.4. The van der Waals surface area contributed by atoms with Gasteiger partial charge in [0.2, 0.25) is 41.4 Å². The molecule has 19 N–H and O–H groups in total. The predicted octanol–water partition coefficient (Wildman–Crippen LogP) is 6.78. The van der Waals surface area contributed by atoms with Crippen molar-refractivity contribution in [2.24, 2.45) is 39.6 Å². The number of aryl methyl sites for hydroxylation is 2. The van der Waals surface area contributed by atoms with E-state index in [1.54, 1.807) is 41.3 Å². The summed E-state index contributed by atoms with van der Waals surface area (Å²) in [6.45, 7) is 5.79. The molecule has 23 heteroatoms. The van der Waals surface area contributed by atoms with E-state index in [1.165, 1.54) is 6.42 Å². The van der Waals surface area contributed by atoms with Crippen molar-refractivity contribution in [2.45, 2.75) is 236 Å². The Bertz CT molecular complexity index is 3480. The van der Waals surface area contributed by atoms with E-state index in [0.29, 0.717) is 83.5 Å². The molecule has 0 aromatic heterocycles. The second-order valence-corrected chi connectivity index (χ2v) is 28.6. The van der Waals surface area contributed by atoms with Crippen molar-refractivity contribution in [3.63, 3.8) is 0 Å². The first-order valence-corrected chi connectivity index (χ1v) is 38.0. The van der Waals surface area contributed by atoms with E-state index in [9.17, 15) is 43.8 Å². The number of nitrogens with one attached hydrogen (secondary N) is 7. The Morgan fingerprint density at radius 1 is 0.500 bits per heavy atom. The van der Waals surface area contributed by atoms with E-state index >= 15 is 0 Å². The van der Waals surface area contributed by atoms with E-state index in [0.717, 1.165) is 134 Å². The first-order chi connectivity index (χ1) is 50.2. The van der Waals surface area contributed by atoms with Crippen LogP contribution in [0.5, 0.6) is 11.5 Å². The van der Waals surface area contributed by atoms with Gasteiger partial charge in [-0.2, -0.15) is 0 Å². The van der Waals surface area contributed by atoms with Gasteiger partial charge in [-0.15, -0.1) is 0 Å². The van der Waals surface area contributed by atoms with E-state index in [2.05, 4.69) is 48.3 Å². The zero-order valence-electron chi connectivity index (χ0n) is 61.4. The van der Waals surface area contributed by atoms with Crippen molar-refractivity contribution in [1.82, 2.24) is 42.1 Å². The number of carbonyl (C=O) groups excluding carboxylic acids is 7. The highest BCUT2D eigenvalue weighted by atomic mass is 16.3. The van der Waals surface area contributed by atoms with Gasteiger partial charge in [-0.1, -0.05) is 181 Å². The molecular weight excluding hydrogens is 1310 g/mol. The molecular formula is C81H118N14O9. The van der Waals surface area contributed by atoms with Crippen LogP contribution in [0, 0.1) is 19.8 Å². The Kier molecular flexibility index (Phi) is 35.4. The van der Waals surface area contributed by atoms with E-state index < -0.39 is 60.0 Å². The molecule has 104 heavy (non-hydrogen) atoms. The van der Waals surface area contributed by atoms with Gasteiger partial charge < -0.3 is 75.7 Å². The fourth-order valence-corrected chi connectivity index (χ4v) is 14.2. The zero-order valence-corrected chi connectivity index (χ0v) is 61.4. The van der Waals surface area contributed by atoms with Crippen LogP contribution in [-0.4, -0.2) is 143 Å². The number of hydrogen-bond donors (Lipinski definition) is 14. The molecule has 1 fully saturated rings. The van der Waals surface area contributed by atoms with Gasteiger partial charge in [0, 0.05) is 39.1 Å². The number of guanidine groups is 1. The lowest BCUT2D eigenvalue weighted by Crippen LogP contribution is -2.58. The third kappa shape index (κ3) is 28.6. The Hall–Kier alpha value is -8.90. The van der Waals surface area contributed by atoms with Gasteiger partial charge in [0.05, 0.1) is 30.2 Å². The number of nitrogens with zero attached hydrogens (tertiary/aromatic N) is 2. The standard InChI is InChI=1S/C81H118N14O9/c1-55-45-65(97)46-56(2)66(55)52-67(83)74(98)92-70(36-26-44-89-81(85)86)78(102)94-73(50-59-31-18-13-19-32-59)79(103)93-69(35-22-23-41-82)75(99)87-42-24-9-7-5-3-4-6-8-10-25-43-88-76(100)71(48-57-27-14-11-15-28-57)91-72(49-58-29-16-12-17-30-58)77(101)90-53-63-51-61-33-20-21-34-62(61)54-95(63)80(104)68(84)47-60-37-39-64(96)40-38-60/h11,13-15,18-21,27-28,31-34,37-40,45-46,58,63,67-73,91,96-97H,3-10,12,16-17,22-26,29-30,35-36,41-44,47-54,82-84H2,1-2H3,(H,87,99)(H,88,100)(H,90,101)(H,92,98)(H,93,103)(H,94,102)(H4,85,86,89)/t63?,67-,68-,69-,70+,71-,72+,73-/m0/s1. The largest absolute Gasteiger partial charge is 0.508 e. The number of aliphatic imine (C=N–C) groups is 1. The average Bonchev–Trinajstić information content (AvgIpc) is 0.799. The number of benzene rings is 5. The second-order valence-electron chi connectivity index (χ2n) is 28.6. The van der Waals surface area contributed by atoms with Crippen molar-refractivity contribution >= 4 is 47.3 Å². The summed E-state index contributed by atoms with van der Waals surface area (Å²) >= 11 is 0. The second kappa shape index (κ2) is 44.7. The molecule has 5 aromatic rings. The number of rotatable bonds is 45. The molecule has 23 nitrogen and oxygen atoms in total. The fourth-order valence-electron chi connectivity index (χ4n) is 14.2. The highest BCUT2D eigenvalue weighted by Gasteiger charge is 2.36. The number of nitrogens with two attached hydrogens (primary N) is 5. The van der Waals surface area contributed by atoms with Crippen LogP contribution in [0.15, 0.2) is 126 Å². The summed E-state index contributed by atoms with van der Waals surface area (Å²) in [5.74, 6) is -2.17. The highest BCUT2D eigenvalue weighted by Crippen LogP contribution is 2.29. The van der Waals surface area contributed by atoms with E-state index in [4.69, 9.17) is 28.7 Å². The van der Waals surface area contributed by atoms with Crippen LogP contribution < -0.4 is 65.9 Å². The number of phenolic OH excluding ortho intramolecular Hbond substituents is 2. The Morgan fingerprint density at radius 3 is 1.60 bits per heavy atom. The molecule has 1 aliphatic carbocycles. The van der Waals surface area contributed by atoms with Gasteiger partial charge in [0.15, 0.2) is 5.96 Å². The van der Waals surface area contributed by atoms with Gasteiger partial charge in [-0.3, -0.25) is 43.9 Å².